The van der Waals surface area contributed by atoms with E-state index in [1.807, 2.05) is 6.07 Å². The number of nitrogens with one attached hydrogen (secondary N) is 1. The number of primary amides is 1. The number of nitrogens with two attached hydrogens (primary N) is 1. The molecule has 27 heavy (non-hydrogen) atoms. The number of hydrogen-bond donors (Lipinski definition) is 2. The average molecular weight is 364 g/mol. The van der Waals surface area contributed by atoms with Gasteiger partial charge in [0.1, 0.15) is 18.2 Å². The summed E-state index contributed by atoms with van der Waals surface area (Å²) in [6, 6.07) is 9.49. The first-order chi connectivity index (χ1) is 13.1. The molecule has 136 valence electrons. The van der Waals surface area contributed by atoms with Crippen molar-refractivity contribution in [3.63, 3.8) is 0 Å². The van der Waals surface area contributed by atoms with Crippen LogP contribution in [0.4, 0.5) is 0 Å². The molecular weight excluding hydrogens is 348 g/mol. The lowest BCUT2D eigenvalue weighted by Crippen LogP contribution is -2.47. The van der Waals surface area contributed by atoms with Crippen LogP contribution >= 0.6 is 0 Å². The molecule has 0 aliphatic heterocycles. The maximum Gasteiger partial charge on any atom is 0.288 e. The van der Waals surface area contributed by atoms with Crippen molar-refractivity contribution >= 4 is 17.6 Å². The Kier molecular flexibility index (Phi) is 5.31. The van der Waals surface area contributed by atoms with Gasteiger partial charge in [0.2, 0.25) is 11.6 Å². The molecule has 0 saturated heterocycles. The van der Waals surface area contributed by atoms with Crippen molar-refractivity contribution in [1.82, 2.24) is 24.8 Å². The third kappa shape index (κ3) is 4.21. The lowest BCUT2D eigenvalue weighted by Gasteiger charge is -2.16. The molecule has 0 aliphatic rings. The van der Waals surface area contributed by atoms with Crippen molar-refractivity contribution in [2.45, 2.75) is 12.5 Å². The number of aromatic nitrogens is 4. The molecule has 1 aromatic carbocycles. The third-order valence-corrected chi connectivity index (χ3v) is 3.80. The van der Waals surface area contributed by atoms with Gasteiger partial charge in [-0.3, -0.25) is 19.0 Å². The molecule has 3 rings (SSSR count). The second-order valence-corrected chi connectivity index (χ2v) is 5.63. The van der Waals surface area contributed by atoms with Gasteiger partial charge in [0.15, 0.2) is 0 Å². The summed E-state index contributed by atoms with van der Waals surface area (Å²) in [6.07, 6.45) is 5.98. The maximum absolute atomic E-state index is 12.7. The summed E-state index contributed by atoms with van der Waals surface area (Å²) in [4.78, 5) is 48.1. The molecule has 0 fully saturated rings. The van der Waals surface area contributed by atoms with Gasteiger partial charge in [0, 0.05) is 25.0 Å². The minimum atomic E-state index is -1.12. The zero-order valence-corrected chi connectivity index (χ0v) is 14.1. The number of imidazole rings is 1. The van der Waals surface area contributed by atoms with E-state index < -0.39 is 23.6 Å². The fraction of sp³-hybridized carbons (Fsp3) is 0.111. The zero-order chi connectivity index (χ0) is 19.2. The topological polar surface area (TPSA) is 133 Å². The van der Waals surface area contributed by atoms with Crippen molar-refractivity contribution in [3.8, 4) is 5.82 Å². The molecule has 0 spiro atoms. The van der Waals surface area contributed by atoms with Gasteiger partial charge in [-0.2, -0.15) is 0 Å². The number of amides is 2. The Labute approximate surface area is 154 Å². The van der Waals surface area contributed by atoms with E-state index in [0.717, 1.165) is 5.56 Å². The summed E-state index contributed by atoms with van der Waals surface area (Å²) in [5.74, 6) is -2.17. The van der Waals surface area contributed by atoms with Crippen LogP contribution in [0.3, 0.4) is 0 Å². The summed E-state index contributed by atoms with van der Waals surface area (Å²) in [7, 11) is 0. The summed E-state index contributed by atoms with van der Waals surface area (Å²) < 4.78 is 1.45. The van der Waals surface area contributed by atoms with Crippen LogP contribution in [0, 0.1) is 0 Å². The second kappa shape index (κ2) is 8.00. The molecule has 0 bridgehead atoms. The highest BCUT2D eigenvalue weighted by Gasteiger charge is 2.27. The molecule has 0 aliphatic carbocycles. The minimum absolute atomic E-state index is 0.0176. The molecule has 1 atom stereocenters. The maximum atomic E-state index is 12.7. The minimum Gasteiger partial charge on any atom is -0.363 e. The van der Waals surface area contributed by atoms with Crippen molar-refractivity contribution < 1.29 is 14.4 Å². The first-order valence-corrected chi connectivity index (χ1v) is 8.04. The van der Waals surface area contributed by atoms with Gasteiger partial charge in [0.05, 0.1) is 0 Å². The number of ketones is 1. The molecule has 3 aromatic rings. The van der Waals surface area contributed by atoms with Gasteiger partial charge >= 0.3 is 0 Å². The van der Waals surface area contributed by atoms with Crippen molar-refractivity contribution in [1.29, 1.82) is 0 Å². The predicted molar refractivity (Wildman–Crippen MR) is 94.8 cm³/mol. The average Bonchev–Trinajstić information content (AvgIpc) is 3.18. The Morgan fingerprint density at radius 2 is 1.85 bits per heavy atom. The lowest BCUT2D eigenvalue weighted by atomic mass is 10.0. The van der Waals surface area contributed by atoms with Gasteiger partial charge in [-0.15, -0.1) is 0 Å². The van der Waals surface area contributed by atoms with E-state index in [0.29, 0.717) is 5.82 Å². The highest BCUT2D eigenvalue weighted by molar-refractivity contribution is 6.38. The molecule has 3 N–H and O–H groups in total. The molecule has 2 heterocycles. The van der Waals surface area contributed by atoms with E-state index in [1.165, 1.54) is 23.3 Å². The summed E-state index contributed by atoms with van der Waals surface area (Å²) in [5, 5.41) is 2.54. The van der Waals surface area contributed by atoms with Crippen LogP contribution in [0.15, 0.2) is 61.3 Å². The SMILES string of the molecule is NC(=O)C(=O)C(Cc1ccccc1)NC(=O)c1nccn1-c1ccncn1. The Morgan fingerprint density at radius 1 is 1.07 bits per heavy atom. The number of hydrogen-bond acceptors (Lipinski definition) is 6. The van der Waals surface area contributed by atoms with Crippen LogP contribution in [-0.4, -0.2) is 43.2 Å². The second-order valence-electron chi connectivity index (χ2n) is 5.63. The standard InChI is InChI=1S/C18H16N6O3/c19-16(26)15(25)13(10-12-4-2-1-3-5-12)23-18(27)17-21-8-9-24(17)14-6-7-20-11-22-14/h1-9,11,13H,10H2,(H2,19,26)(H,23,27). The van der Waals surface area contributed by atoms with Crippen molar-refractivity contribution in [3.05, 3.63) is 72.7 Å². The van der Waals surface area contributed by atoms with Crippen molar-refractivity contribution in [2.24, 2.45) is 5.73 Å². The van der Waals surface area contributed by atoms with E-state index >= 15 is 0 Å². The Balaban J connectivity index is 1.84. The van der Waals surface area contributed by atoms with Crippen LogP contribution < -0.4 is 11.1 Å². The molecule has 9 nitrogen and oxygen atoms in total. The number of rotatable bonds is 7. The molecule has 2 amide bonds. The molecule has 9 heteroatoms. The van der Waals surface area contributed by atoms with Crippen LogP contribution in [-0.2, 0) is 16.0 Å². The van der Waals surface area contributed by atoms with Crippen molar-refractivity contribution in [2.75, 3.05) is 0 Å². The molecule has 0 saturated carbocycles. The van der Waals surface area contributed by atoms with Crippen LogP contribution in [0.25, 0.3) is 5.82 Å². The number of carbonyl (C=O) groups excluding carboxylic acids is 3. The molecule has 2 aromatic heterocycles. The number of carbonyl (C=O) groups is 3. The van der Waals surface area contributed by atoms with Gasteiger partial charge in [0.25, 0.3) is 11.8 Å². The number of benzene rings is 1. The van der Waals surface area contributed by atoms with Gasteiger partial charge < -0.3 is 11.1 Å². The number of Topliss-reactive ketones (excluding diaryl/α,β-unsaturated/α-hetero) is 1. The van der Waals surface area contributed by atoms with Crippen LogP contribution in [0.2, 0.25) is 0 Å². The fourth-order valence-corrected chi connectivity index (χ4v) is 2.54. The largest absolute Gasteiger partial charge is 0.363 e. The van der Waals surface area contributed by atoms with E-state index in [9.17, 15) is 14.4 Å². The van der Waals surface area contributed by atoms with Gasteiger partial charge in [-0.1, -0.05) is 30.3 Å². The highest BCUT2D eigenvalue weighted by atomic mass is 16.2. The summed E-state index contributed by atoms with van der Waals surface area (Å²) in [6.45, 7) is 0. The predicted octanol–water partition coefficient (Wildman–Crippen LogP) is 0.0578. The van der Waals surface area contributed by atoms with Gasteiger partial charge in [-0.25, -0.2) is 15.0 Å². The molecule has 1 unspecified atom stereocenters. The molecule has 0 radical (unpaired) electrons. The Bertz CT molecular complexity index is 955. The highest BCUT2D eigenvalue weighted by Crippen LogP contribution is 2.09. The van der Waals surface area contributed by atoms with E-state index in [2.05, 4.69) is 20.3 Å². The Morgan fingerprint density at radius 3 is 2.52 bits per heavy atom. The monoisotopic (exact) mass is 364 g/mol. The van der Waals surface area contributed by atoms with Crippen LogP contribution in [0.5, 0.6) is 0 Å². The summed E-state index contributed by atoms with van der Waals surface area (Å²) in [5.41, 5.74) is 5.90. The third-order valence-electron chi connectivity index (χ3n) is 3.80. The van der Waals surface area contributed by atoms with E-state index in [-0.39, 0.29) is 12.2 Å². The zero-order valence-electron chi connectivity index (χ0n) is 14.1. The summed E-state index contributed by atoms with van der Waals surface area (Å²) >= 11 is 0. The fourth-order valence-electron chi connectivity index (χ4n) is 2.54. The molecular formula is C18H16N6O3. The lowest BCUT2D eigenvalue weighted by molar-refractivity contribution is -0.137. The van der Waals surface area contributed by atoms with Crippen LogP contribution in [0.1, 0.15) is 16.2 Å². The van der Waals surface area contributed by atoms with E-state index in [4.69, 9.17) is 5.73 Å². The normalized spacial score (nSPS) is 11.6. The first kappa shape index (κ1) is 17.9. The van der Waals surface area contributed by atoms with E-state index in [1.54, 1.807) is 36.5 Å². The first-order valence-electron chi connectivity index (χ1n) is 8.04. The smallest absolute Gasteiger partial charge is 0.288 e. The number of nitrogens with zero attached hydrogens (tertiary/aromatic N) is 4. The quantitative estimate of drug-likeness (QED) is 0.570. The Hall–Kier alpha value is -3.88. The van der Waals surface area contributed by atoms with Gasteiger partial charge in [-0.05, 0) is 11.6 Å².